The first-order valence-corrected chi connectivity index (χ1v) is 4.84. The van der Waals surface area contributed by atoms with Crippen LogP contribution in [0.3, 0.4) is 0 Å². The van der Waals surface area contributed by atoms with E-state index in [9.17, 15) is 4.39 Å². The highest BCUT2D eigenvalue weighted by Gasteiger charge is 2.07. The Hall–Kier alpha value is -0.850. The maximum absolute atomic E-state index is 12.8. The molecule has 1 rings (SSSR count). The van der Waals surface area contributed by atoms with Crippen molar-refractivity contribution in [3.05, 3.63) is 35.6 Å². The predicted octanol–water partition coefficient (Wildman–Crippen LogP) is 3.66. The van der Waals surface area contributed by atoms with Crippen LogP contribution in [0.2, 0.25) is 0 Å². The normalized spacial score (nSPS) is 13.3. The summed E-state index contributed by atoms with van der Waals surface area (Å²) in [5.41, 5.74) is 1.10. The van der Waals surface area contributed by atoms with Crippen molar-refractivity contribution in [2.75, 3.05) is 0 Å². The number of halogens is 1. The topological polar surface area (TPSA) is 0 Å². The van der Waals surface area contributed by atoms with Gasteiger partial charge in [0.2, 0.25) is 0 Å². The van der Waals surface area contributed by atoms with Crippen LogP contribution in [0, 0.1) is 17.7 Å². The summed E-state index contributed by atoms with van der Waals surface area (Å²) in [4.78, 5) is 0. The molecule has 1 atom stereocenters. The van der Waals surface area contributed by atoms with E-state index in [2.05, 4.69) is 20.8 Å². The summed E-state index contributed by atoms with van der Waals surface area (Å²) in [5, 5.41) is 0. The van der Waals surface area contributed by atoms with E-state index in [0.29, 0.717) is 11.8 Å². The maximum atomic E-state index is 12.8. The molecule has 1 unspecified atom stereocenters. The van der Waals surface area contributed by atoms with Gasteiger partial charge in [-0.1, -0.05) is 32.9 Å². The first kappa shape index (κ1) is 10.2. The lowest BCUT2D eigenvalue weighted by Gasteiger charge is -2.15. The average Bonchev–Trinajstić information content (AvgIpc) is 2.04. The number of hydrogen-bond donors (Lipinski definition) is 0. The zero-order chi connectivity index (χ0) is 9.84. The summed E-state index contributed by atoms with van der Waals surface area (Å²) in [5.74, 6) is 1.14. The van der Waals surface area contributed by atoms with Gasteiger partial charge in [-0.3, -0.25) is 0 Å². The molecule has 0 aliphatic rings. The van der Waals surface area contributed by atoms with E-state index < -0.39 is 0 Å². The van der Waals surface area contributed by atoms with Gasteiger partial charge in [-0.2, -0.15) is 0 Å². The van der Waals surface area contributed by atoms with Gasteiger partial charge in [0.25, 0.3) is 0 Å². The molecule has 0 heterocycles. The van der Waals surface area contributed by atoms with Gasteiger partial charge in [-0.15, -0.1) is 0 Å². The third-order valence-electron chi connectivity index (χ3n) is 2.58. The Kier molecular flexibility index (Phi) is 3.47. The van der Waals surface area contributed by atoms with E-state index in [1.54, 1.807) is 12.1 Å². The molecule has 13 heavy (non-hydrogen) atoms. The smallest absolute Gasteiger partial charge is 0.123 e. The van der Waals surface area contributed by atoms with Gasteiger partial charge in [-0.25, -0.2) is 4.39 Å². The minimum Gasteiger partial charge on any atom is -0.207 e. The Bertz CT molecular complexity index is 266. The highest BCUT2D eigenvalue weighted by Crippen LogP contribution is 2.16. The number of rotatable bonds is 3. The summed E-state index contributed by atoms with van der Waals surface area (Å²) in [6.45, 7) is 6.60. The third-order valence-corrected chi connectivity index (χ3v) is 2.58. The van der Waals surface area contributed by atoms with E-state index in [-0.39, 0.29) is 5.82 Å². The fraction of sp³-hybridized carbons (Fsp3) is 0.500. The molecule has 0 aliphatic heterocycles. The van der Waals surface area contributed by atoms with Crippen molar-refractivity contribution < 1.29 is 4.39 Å². The predicted molar refractivity (Wildman–Crippen MR) is 54.1 cm³/mol. The standard InChI is InChI=1S/C12H17F/c1-9(2)10(3)7-11-5-4-6-12(13)8-11/h4-6,8-10H,7H2,1-3H3. The molecular formula is C12H17F. The molecule has 1 aromatic carbocycles. The van der Waals surface area contributed by atoms with E-state index in [0.717, 1.165) is 12.0 Å². The molecule has 72 valence electrons. The lowest BCUT2D eigenvalue weighted by molar-refractivity contribution is 0.416. The molecule has 0 aromatic heterocycles. The highest BCUT2D eigenvalue weighted by molar-refractivity contribution is 5.16. The van der Waals surface area contributed by atoms with Crippen LogP contribution in [0.15, 0.2) is 24.3 Å². The highest BCUT2D eigenvalue weighted by atomic mass is 19.1. The summed E-state index contributed by atoms with van der Waals surface area (Å²) in [7, 11) is 0. The Labute approximate surface area is 79.8 Å². The maximum Gasteiger partial charge on any atom is 0.123 e. The summed E-state index contributed by atoms with van der Waals surface area (Å²) >= 11 is 0. The zero-order valence-electron chi connectivity index (χ0n) is 8.55. The van der Waals surface area contributed by atoms with E-state index in [1.807, 2.05) is 6.07 Å². The molecule has 0 spiro atoms. The molecule has 0 N–H and O–H groups in total. The van der Waals surface area contributed by atoms with E-state index in [4.69, 9.17) is 0 Å². The van der Waals surface area contributed by atoms with Crippen LogP contribution in [-0.2, 0) is 6.42 Å². The Balaban J connectivity index is 2.64. The van der Waals surface area contributed by atoms with Gasteiger partial charge in [0.05, 0.1) is 0 Å². The lowest BCUT2D eigenvalue weighted by Crippen LogP contribution is -2.07. The van der Waals surface area contributed by atoms with Crippen molar-refractivity contribution in [2.24, 2.45) is 11.8 Å². The molecule has 1 aromatic rings. The minimum absolute atomic E-state index is 0.131. The summed E-state index contributed by atoms with van der Waals surface area (Å²) < 4.78 is 12.8. The second-order valence-corrected chi connectivity index (χ2v) is 4.06. The molecule has 0 bridgehead atoms. The molecule has 0 saturated carbocycles. The van der Waals surface area contributed by atoms with Crippen LogP contribution >= 0.6 is 0 Å². The van der Waals surface area contributed by atoms with Gasteiger partial charge in [0.1, 0.15) is 5.82 Å². The van der Waals surface area contributed by atoms with Crippen molar-refractivity contribution in [3.8, 4) is 0 Å². The zero-order valence-corrected chi connectivity index (χ0v) is 8.55. The third kappa shape index (κ3) is 3.17. The van der Waals surface area contributed by atoms with Crippen LogP contribution in [0.1, 0.15) is 26.3 Å². The van der Waals surface area contributed by atoms with Crippen LogP contribution in [0.5, 0.6) is 0 Å². The molecule has 0 radical (unpaired) electrons. The van der Waals surface area contributed by atoms with E-state index in [1.165, 1.54) is 6.07 Å². The van der Waals surface area contributed by atoms with Crippen molar-refractivity contribution in [1.82, 2.24) is 0 Å². The fourth-order valence-corrected chi connectivity index (χ4v) is 1.27. The van der Waals surface area contributed by atoms with Gasteiger partial charge >= 0.3 is 0 Å². The van der Waals surface area contributed by atoms with Crippen molar-refractivity contribution >= 4 is 0 Å². The second-order valence-electron chi connectivity index (χ2n) is 4.06. The molecular weight excluding hydrogens is 163 g/mol. The monoisotopic (exact) mass is 180 g/mol. The van der Waals surface area contributed by atoms with E-state index >= 15 is 0 Å². The number of benzene rings is 1. The first-order valence-electron chi connectivity index (χ1n) is 4.84. The molecule has 0 amide bonds. The second kappa shape index (κ2) is 4.40. The van der Waals surface area contributed by atoms with Crippen molar-refractivity contribution in [3.63, 3.8) is 0 Å². The quantitative estimate of drug-likeness (QED) is 0.666. The Morgan fingerprint density at radius 2 is 1.92 bits per heavy atom. The van der Waals surface area contributed by atoms with Crippen LogP contribution in [0.4, 0.5) is 4.39 Å². The van der Waals surface area contributed by atoms with Crippen molar-refractivity contribution in [2.45, 2.75) is 27.2 Å². The molecule has 0 aliphatic carbocycles. The van der Waals surface area contributed by atoms with Crippen molar-refractivity contribution in [1.29, 1.82) is 0 Å². The van der Waals surface area contributed by atoms with Gasteiger partial charge in [0, 0.05) is 0 Å². The lowest BCUT2D eigenvalue weighted by atomic mass is 9.91. The van der Waals surface area contributed by atoms with Gasteiger partial charge in [0.15, 0.2) is 0 Å². The largest absolute Gasteiger partial charge is 0.207 e. The molecule has 0 fully saturated rings. The van der Waals surface area contributed by atoms with Crippen LogP contribution < -0.4 is 0 Å². The minimum atomic E-state index is -0.131. The van der Waals surface area contributed by atoms with Crippen LogP contribution in [0.25, 0.3) is 0 Å². The van der Waals surface area contributed by atoms with Crippen LogP contribution in [-0.4, -0.2) is 0 Å². The Morgan fingerprint density at radius 1 is 1.23 bits per heavy atom. The molecule has 1 heteroatoms. The molecule has 0 saturated heterocycles. The Morgan fingerprint density at radius 3 is 2.46 bits per heavy atom. The number of hydrogen-bond acceptors (Lipinski definition) is 0. The SMILES string of the molecule is CC(C)C(C)Cc1cccc(F)c1. The fourth-order valence-electron chi connectivity index (χ4n) is 1.27. The van der Waals surface area contributed by atoms with Gasteiger partial charge < -0.3 is 0 Å². The average molecular weight is 180 g/mol. The molecule has 0 nitrogen and oxygen atoms in total. The first-order chi connectivity index (χ1) is 6.09. The van der Waals surface area contributed by atoms with Gasteiger partial charge in [-0.05, 0) is 36.0 Å². The summed E-state index contributed by atoms with van der Waals surface area (Å²) in [6, 6.07) is 6.88. The summed E-state index contributed by atoms with van der Waals surface area (Å²) in [6.07, 6.45) is 0.968.